The number of para-hydroxylation sites is 1. The van der Waals surface area contributed by atoms with Gasteiger partial charge < -0.3 is 9.84 Å². The van der Waals surface area contributed by atoms with Crippen molar-refractivity contribution >= 4 is 39.3 Å². The summed E-state index contributed by atoms with van der Waals surface area (Å²) in [6, 6.07) is 4.84. The van der Waals surface area contributed by atoms with Crippen LogP contribution in [-0.4, -0.2) is 33.6 Å². The number of hydrogen-bond acceptors (Lipinski definition) is 7. The van der Waals surface area contributed by atoms with Crippen molar-refractivity contribution in [3.8, 4) is 0 Å². The van der Waals surface area contributed by atoms with Gasteiger partial charge in [0.25, 0.3) is 5.69 Å². The molecular formula is C18H23NO5S2. The molecule has 1 N–H and O–H groups in total. The second-order valence-electron chi connectivity index (χ2n) is 5.93. The van der Waals surface area contributed by atoms with Crippen LogP contribution in [0.4, 0.5) is 5.69 Å². The summed E-state index contributed by atoms with van der Waals surface area (Å²) in [6.45, 7) is -0.320. The van der Waals surface area contributed by atoms with Crippen molar-refractivity contribution in [3.05, 3.63) is 45.5 Å². The molecule has 1 aromatic rings. The Morgan fingerprint density at radius 1 is 1.42 bits per heavy atom. The Kier molecular flexibility index (Phi) is 9.00. The van der Waals surface area contributed by atoms with E-state index in [2.05, 4.69) is 0 Å². The number of rotatable bonds is 10. The third-order valence-electron chi connectivity index (χ3n) is 4.01. The molecule has 1 saturated heterocycles. The van der Waals surface area contributed by atoms with Crippen LogP contribution in [0, 0.1) is 10.1 Å². The van der Waals surface area contributed by atoms with E-state index in [-0.39, 0.29) is 24.9 Å². The molecule has 1 heterocycles. The zero-order valence-corrected chi connectivity index (χ0v) is 16.1. The minimum Gasteiger partial charge on any atom is -0.461 e. The molecule has 1 unspecified atom stereocenters. The van der Waals surface area contributed by atoms with E-state index in [1.807, 2.05) is 21.6 Å². The number of aliphatic hydroxyl groups is 1. The normalized spacial score (nSPS) is 16.9. The van der Waals surface area contributed by atoms with E-state index in [0.717, 1.165) is 19.3 Å². The Hall–Kier alpha value is -1.51. The van der Waals surface area contributed by atoms with Gasteiger partial charge in [-0.05, 0) is 37.5 Å². The lowest BCUT2D eigenvalue weighted by molar-refractivity contribution is -0.386. The van der Waals surface area contributed by atoms with Crippen LogP contribution >= 0.6 is 21.6 Å². The van der Waals surface area contributed by atoms with Crippen molar-refractivity contribution in [2.24, 2.45) is 0 Å². The topological polar surface area (TPSA) is 89.7 Å². The van der Waals surface area contributed by atoms with Crippen LogP contribution in [-0.2, 0) is 16.1 Å². The number of nitro groups is 1. The quantitative estimate of drug-likeness (QED) is 0.206. The monoisotopic (exact) mass is 397 g/mol. The first-order valence-electron chi connectivity index (χ1n) is 8.59. The van der Waals surface area contributed by atoms with Gasteiger partial charge in [0, 0.05) is 17.4 Å². The van der Waals surface area contributed by atoms with Crippen molar-refractivity contribution in [1.29, 1.82) is 0 Å². The summed E-state index contributed by atoms with van der Waals surface area (Å²) in [5.41, 5.74) is 0.633. The Morgan fingerprint density at radius 3 is 2.96 bits per heavy atom. The standard InChI is InChI=1S/C18H23NO5S2/c20-11-4-7-14-5-3-6-15(18(14)19(22)23)13-24-17(21)9-2-1-8-16-10-12-25-26-16/h3-7,16,20H,1-2,8-13H2. The lowest BCUT2D eigenvalue weighted by Crippen LogP contribution is -2.07. The Morgan fingerprint density at radius 2 is 2.27 bits per heavy atom. The fourth-order valence-corrected chi connectivity index (χ4v) is 5.73. The number of unbranched alkanes of at least 4 members (excludes halogenated alkanes) is 1. The number of hydrogen-bond donors (Lipinski definition) is 1. The van der Waals surface area contributed by atoms with Crippen LogP contribution in [0.2, 0.25) is 0 Å². The van der Waals surface area contributed by atoms with E-state index >= 15 is 0 Å². The SMILES string of the molecule is O=C(CCCCC1CCSS1)OCc1cccc(C=CCO)c1[N+](=O)[O-]. The lowest BCUT2D eigenvalue weighted by atomic mass is 10.1. The molecule has 2 rings (SSSR count). The van der Waals surface area contributed by atoms with Crippen molar-refractivity contribution < 1.29 is 19.6 Å². The van der Waals surface area contributed by atoms with Crippen LogP contribution in [0.1, 0.15) is 43.2 Å². The molecule has 0 aliphatic carbocycles. The number of nitrogens with zero attached hydrogens (tertiary/aromatic N) is 1. The first-order chi connectivity index (χ1) is 12.6. The number of carbonyl (C=O) groups excluding carboxylic acids is 1. The maximum absolute atomic E-state index is 11.9. The largest absolute Gasteiger partial charge is 0.461 e. The van der Waals surface area contributed by atoms with Crippen LogP contribution in [0.15, 0.2) is 24.3 Å². The molecule has 0 spiro atoms. The predicted octanol–water partition coefficient (Wildman–Crippen LogP) is 4.36. The van der Waals surface area contributed by atoms with Gasteiger partial charge in [-0.15, -0.1) is 0 Å². The minimum absolute atomic E-state index is 0.0965. The number of carbonyl (C=O) groups is 1. The molecule has 1 fully saturated rings. The van der Waals surface area contributed by atoms with E-state index in [1.54, 1.807) is 18.2 Å². The van der Waals surface area contributed by atoms with Gasteiger partial charge in [-0.2, -0.15) is 0 Å². The summed E-state index contributed by atoms with van der Waals surface area (Å²) in [5.74, 6) is 0.881. The van der Waals surface area contributed by atoms with Gasteiger partial charge in [-0.1, -0.05) is 40.2 Å². The third-order valence-corrected chi connectivity index (χ3v) is 7.02. The van der Waals surface area contributed by atoms with E-state index < -0.39 is 4.92 Å². The summed E-state index contributed by atoms with van der Waals surface area (Å²) < 4.78 is 5.22. The fraction of sp³-hybridized carbons (Fsp3) is 0.500. The zero-order chi connectivity index (χ0) is 18.8. The van der Waals surface area contributed by atoms with Gasteiger partial charge >= 0.3 is 5.97 Å². The highest BCUT2D eigenvalue weighted by molar-refractivity contribution is 8.77. The Labute approximate surface area is 160 Å². The Bertz CT molecular complexity index is 644. The fourth-order valence-electron chi connectivity index (χ4n) is 2.70. The van der Waals surface area contributed by atoms with E-state index in [0.29, 0.717) is 22.8 Å². The summed E-state index contributed by atoms with van der Waals surface area (Å²) in [5, 5.41) is 20.9. The van der Waals surface area contributed by atoms with Crippen LogP contribution in [0.3, 0.4) is 0 Å². The van der Waals surface area contributed by atoms with Gasteiger partial charge in [-0.25, -0.2) is 0 Å². The number of esters is 1. The third kappa shape index (κ3) is 6.66. The Balaban J connectivity index is 1.82. The molecule has 0 aromatic heterocycles. The van der Waals surface area contributed by atoms with E-state index in [4.69, 9.17) is 9.84 Å². The average molecular weight is 398 g/mol. The maximum atomic E-state index is 11.9. The van der Waals surface area contributed by atoms with Crippen molar-refractivity contribution in [2.45, 2.75) is 44.0 Å². The molecule has 26 heavy (non-hydrogen) atoms. The van der Waals surface area contributed by atoms with Crippen molar-refractivity contribution in [1.82, 2.24) is 0 Å². The smallest absolute Gasteiger partial charge is 0.306 e. The first-order valence-corrected chi connectivity index (χ1v) is 11.0. The molecular weight excluding hydrogens is 374 g/mol. The highest BCUT2D eigenvalue weighted by atomic mass is 33.1. The zero-order valence-electron chi connectivity index (χ0n) is 14.5. The number of ether oxygens (including phenoxy) is 1. The van der Waals surface area contributed by atoms with Crippen molar-refractivity contribution in [2.75, 3.05) is 12.4 Å². The predicted molar refractivity (Wildman–Crippen MR) is 106 cm³/mol. The van der Waals surface area contributed by atoms with Crippen LogP contribution < -0.4 is 0 Å². The molecule has 0 bridgehead atoms. The van der Waals surface area contributed by atoms with Gasteiger partial charge in [0.05, 0.1) is 22.7 Å². The minimum atomic E-state index is -0.489. The number of aliphatic hydroxyl groups excluding tert-OH is 1. The summed E-state index contributed by atoms with van der Waals surface area (Å²) >= 11 is 0. The van der Waals surface area contributed by atoms with Gasteiger partial charge in [0.1, 0.15) is 6.61 Å². The highest BCUT2D eigenvalue weighted by Crippen LogP contribution is 2.39. The summed E-state index contributed by atoms with van der Waals surface area (Å²) in [6.07, 6.45) is 7.39. The molecule has 1 atom stereocenters. The van der Waals surface area contributed by atoms with Crippen LogP contribution in [0.5, 0.6) is 0 Å². The number of benzene rings is 1. The molecule has 142 valence electrons. The van der Waals surface area contributed by atoms with Crippen LogP contribution in [0.25, 0.3) is 6.08 Å². The summed E-state index contributed by atoms with van der Waals surface area (Å²) in [7, 11) is 3.85. The van der Waals surface area contributed by atoms with E-state index in [9.17, 15) is 14.9 Å². The summed E-state index contributed by atoms with van der Waals surface area (Å²) in [4.78, 5) is 22.8. The molecule has 0 saturated carbocycles. The number of nitro benzene ring substituents is 1. The molecule has 1 aromatic carbocycles. The molecule has 1 aliphatic heterocycles. The molecule has 6 nitrogen and oxygen atoms in total. The highest BCUT2D eigenvalue weighted by Gasteiger charge is 2.19. The van der Waals surface area contributed by atoms with E-state index in [1.165, 1.54) is 24.3 Å². The molecule has 0 amide bonds. The maximum Gasteiger partial charge on any atom is 0.306 e. The second-order valence-corrected chi connectivity index (χ2v) is 8.72. The van der Waals surface area contributed by atoms with Crippen molar-refractivity contribution in [3.63, 3.8) is 0 Å². The van der Waals surface area contributed by atoms with Gasteiger partial charge in [0.15, 0.2) is 0 Å². The molecule has 1 aliphatic rings. The molecule has 8 heteroatoms. The second kappa shape index (κ2) is 11.3. The van der Waals surface area contributed by atoms with Gasteiger partial charge in [-0.3, -0.25) is 14.9 Å². The molecule has 0 radical (unpaired) electrons. The average Bonchev–Trinajstić information content (AvgIpc) is 3.15. The van der Waals surface area contributed by atoms with Gasteiger partial charge in [0.2, 0.25) is 0 Å². The lowest BCUT2D eigenvalue weighted by Gasteiger charge is -2.08. The first kappa shape index (κ1) is 20.8.